The molecule has 1 aliphatic rings. The molecule has 4 aromatic rings. The standard InChI is InChI=1S/C30H20ClNO5/c1-18-7-14-23(15-8-18)32-28(34)24-16-11-21(17-25(24)29(32)35)30(36)37-27(20-9-12-22(31)13-10-20)26(33)19-5-3-2-4-6-19/h2-17,27H,1H3/t27-/m0/s1. The molecule has 5 rings (SSSR count). The van der Waals surface area contributed by atoms with Crippen molar-refractivity contribution in [3.8, 4) is 0 Å². The summed E-state index contributed by atoms with van der Waals surface area (Å²) in [4.78, 5) is 53.6. The maximum Gasteiger partial charge on any atom is 0.339 e. The minimum Gasteiger partial charge on any atom is -0.445 e. The summed E-state index contributed by atoms with van der Waals surface area (Å²) in [7, 11) is 0. The number of Topliss-reactive ketones (excluding diaryl/α,β-unsaturated/α-hetero) is 1. The van der Waals surface area contributed by atoms with Crippen LogP contribution in [0.1, 0.15) is 58.7 Å². The molecule has 0 spiro atoms. The van der Waals surface area contributed by atoms with Crippen molar-refractivity contribution in [3.63, 3.8) is 0 Å². The lowest BCUT2D eigenvalue weighted by molar-refractivity contribution is 0.0280. The third-order valence-electron chi connectivity index (χ3n) is 6.11. The molecule has 7 heteroatoms. The summed E-state index contributed by atoms with van der Waals surface area (Å²) < 4.78 is 5.68. The van der Waals surface area contributed by atoms with Gasteiger partial charge in [0, 0.05) is 16.1 Å². The van der Waals surface area contributed by atoms with Crippen LogP contribution in [0.3, 0.4) is 0 Å². The summed E-state index contributed by atoms with van der Waals surface area (Å²) in [6, 6.07) is 26.1. The first-order chi connectivity index (χ1) is 17.8. The quantitative estimate of drug-likeness (QED) is 0.175. The van der Waals surface area contributed by atoms with E-state index in [1.807, 2.05) is 19.1 Å². The molecule has 2 amide bonds. The topological polar surface area (TPSA) is 80.8 Å². The van der Waals surface area contributed by atoms with Gasteiger partial charge in [-0.25, -0.2) is 9.69 Å². The van der Waals surface area contributed by atoms with Crippen LogP contribution in [0.4, 0.5) is 5.69 Å². The van der Waals surface area contributed by atoms with E-state index in [1.165, 1.54) is 18.2 Å². The lowest BCUT2D eigenvalue weighted by Gasteiger charge is -2.18. The van der Waals surface area contributed by atoms with Gasteiger partial charge in [-0.2, -0.15) is 0 Å². The molecule has 0 bridgehead atoms. The van der Waals surface area contributed by atoms with Gasteiger partial charge < -0.3 is 4.74 Å². The number of anilines is 1. The summed E-state index contributed by atoms with van der Waals surface area (Å²) in [5.74, 6) is -2.22. The van der Waals surface area contributed by atoms with Crippen molar-refractivity contribution in [2.24, 2.45) is 0 Å². The van der Waals surface area contributed by atoms with E-state index in [4.69, 9.17) is 16.3 Å². The number of imide groups is 1. The zero-order valence-corrected chi connectivity index (χ0v) is 20.4. The average Bonchev–Trinajstić information content (AvgIpc) is 3.17. The van der Waals surface area contributed by atoms with E-state index < -0.39 is 29.7 Å². The number of benzene rings is 4. The van der Waals surface area contributed by atoms with E-state index in [1.54, 1.807) is 66.7 Å². The van der Waals surface area contributed by atoms with Crippen LogP contribution in [0.25, 0.3) is 0 Å². The molecule has 37 heavy (non-hydrogen) atoms. The van der Waals surface area contributed by atoms with Crippen molar-refractivity contribution in [2.75, 3.05) is 4.90 Å². The van der Waals surface area contributed by atoms with Gasteiger partial charge >= 0.3 is 5.97 Å². The second kappa shape index (κ2) is 9.84. The molecule has 1 atom stereocenters. The first-order valence-electron chi connectivity index (χ1n) is 11.5. The van der Waals surface area contributed by atoms with Gasteiger partial charge in [0.15, 0.2) is 6.10 Å². The highest BCUT2D eigenvalue weighted by atomic mass is 35.5. The molecule has 182 valence electrons. The Bertz CT molecular complexity index is 1530. The highest BCUT2D eigenvalue weighted by Gasteiger charge is 2.37. The molecule has 4 aromatic carbocycles. The monoisotopic (exact) mass is 509 g/mol. The number of ether oxygens (including phenoxy) is 1. The van der Waals surface area contributed by atoms with Crippen LogP contribution in [-0.4, -0.2) is 23.6 Å². The molecule has 0 unspecified atom stereocenters. The minimum absolute atomic E-state index is 0.0467. The van der Waals surface area contributed by atoms with E-state index in [-0.39, 0.29) is 16.7 Å². The first kappa shape index (κ1) is 24.2. The molecule has 0 saturated heterocycles. The second-order valence-electron chi connectivity index (χ2n) is 8.61. The van der Waals surface area contributed by atoms with E-state index in [0.717, 1.165) is 10.5 Å². The zero-order valence-electron chi connectivity index (χ0n) is 19.7. The third kappa shape index (κ3) is 4.67. The molecule has 1 aliphatic heterocycles. The predicted octanol–water partition coefficient (Wildman–Crippen LogP) is 6.23. The Labute approximate surface area is 218 Å². The number of halogens is 1. The number of nitrogens with zero attached hydrogens (tertiary/aromatic N) is 1. The van der Waals surface area contributed by atoms with Crippen LogP contribution >= 0.6 is 11.6 Å². The van der Waals surface area contributed by atoms with Gasteiger partial charge in [0.05, 0.1) is 22.4 Å². The Morgan fingerprint density at radius 2 is 1.41 bits per heavy atom. The summed E-state index contributed by atoms with van der Waals surface area (Å²) >= 11 is 6.00. The summed E-state index contributed by atoms with van der Waals surface area (Å²) in [5.41, 5.74) is 2.59. The smallest absolute Gasteiger partial charge is 0.339 e. The van der Waals surface area contributed by atoms with Crippen LogP contribution in [0.5, 0.6) is 0 Å². The maximum atomic E-state index is 13.3. The molecule has 0 radical (unpaired) electrons. The number of ketones is 1. The molecule has 0 N–H and O–H groups in total. The number of rotatable bonds is 6. The van der Waals surface area contributed by atoms with Gasteiger partial charge in [0.1, 0.15) is 0 Å². The third-order valence-corrected chi connectivity index (χ3v) is 6.36. The molecule has 0 aromatic heterocycles. The van der Waals surface area contributed by atoms with Crippen molar-refractivity contribution < 1.29 is 23.9 Å². The summed E-state index contributed by atoms with van der Waals surface area (Å²) in [5, 5.41) is 0.473. The molecular formula is C30H20ClNO5. The number of hydrogen-bond acceptors (Lipinski definition) is 5. The van der Waals surface area contributed by atoms with Crippen molar-refractivity contribution >= 4 is 40.9 Å². The average molecular weight is 510 g/mol. The van der Waals surface area contributed by atoms with Crippen LogP contribution in [0.15, 0.2) is 97.1 Å². The van der Waals surface area contributed by atoms with E-state index in [9.17, 15) is 19.2 Å². The van der Waals surface area contributed by atoms with Crippen LogP contribution < -0.4 is 4.90 Å². The van der Waals surface area contributed by atoms with Crippen molar-refractivity contribution in [3.05, 3.63) is 135 Å². The number of aryl methyl sites for hydroxylation is 1. The molecule has 0 fully saturated rings. The van der Waals surface area contributed by atoms with Gasteiger partial charge in [0.2, 0.25) is 5.78 Å². The Morgan fingerprint density at radius 1 is 0.757 bits per heavy atom. The number of esters is 1. The highest BCUT2D eigenvalue weighted by Crippen LogP contribution is 2.31. The molecule has 0 saturated carbocycles. The van der Waals surface area contributed by atoms with Gasteiger partial charge in [-0.05, 0) is 49.4 Å². The van der Waals surface area contributed by atoms with Crippen molar-refractivity contribution in [2.45, 2.75) is 13.0 Å². The Balaban J connectivity index is 1.45. The van der Waals surface area contributed by atoms with Gasteiger partial charge in [-0.1, -0.05) is 71.8 Å². The number of hydrogen-bond donors (Lipinski definition) is 0. The molecule has 6 nitrogen and oxygen atoms in total. The number of amides is 2. The Morgan fingerprint density at radius 3 is 2.08 bits per heavy atom. The van der Waals surface area contributed by atoms with E-state index >= 15 is 0 Å². The van der Waals surface area contributed by atoms with Gasteiger partial charge in [0.25, 0.3) is 11.8 Å². The van der Waals surface area contributed by atoms with Crippen molar-refractivity contribution in [1.82, 2.24) is 0 Å². The Kier molecular flexibility index (Phi) is 6.42. The fourth-order valence-electron chi connectivity index (χ4n) is 4.14. The lowest BCUT2D eigenvalue weighted by atomic mass is 9.99. The van der Waals surface area contributed by atoms with Crippen LogP contribution in [0, 0.1) is 6.92 Å². The van der Waals surface area contributed by atoms with Gasteiger partial charge in [-0.15, -0.1) is 0 Å². The fraction of sp³-hybridized carbons (Fsp3) is 0.0667. The molecular weight excluding hydrogens is 490 g/mol. The van der Waals surface area contributed by atoms with Crippen LogP contribution in [0.2, 0.25) is 5.02 Å². The van der Waals surface area contributed by atoms with E-state index in [2.05, 4.69) is 0 Å². The number of carbonyl (C=O) groups excluding carboxylic acids is 4. The summed E-state index contributed by atoms with van der Waals surface area (Å²) in [6.07, 6.45) is -1.23. The second-order valence-corrected chi connectivity index (χ2v) is 9.05. The number of fused-ring (bicyclic) bond motifs is 1. The predicted molar refractivity (Wildman–Crippen MR) is 139 cm³/mol. The molecule has 1 heterocycles. The Hall–Kier alpha value is -4.55. The van der Waals surface area contributed by atoms with Gasteiger partial charge in [-0.3, -0.25) is 14.4 Å². The minimum atomic E-state index is -1.23. The maximum absolute atomic E-state index is 13.3. The molecule has 0 aliphatic carbocycles. The lowest BCUT2D eigenvalue weighted by Crippen LogP contribution is -2.29. The summed E-state index contributed by atoms with van der Waals surface area (Å²) in [6.45, 7) is 1.91. The highest BCUT2D eigenvalue weighted by molar-refractivity contribution is 6.34. The first-order valence-corrected chi connectivity index (χ1v) is 11.9. The van der Waals surface area contributed by atoms with E-state index in [0.29, 0.717) is 21.8 Å². The SMILES string of the molecule is Cc1ccc(N2C(=O)c3ccc(C(=O)O[C@H](C(=O)c4ccccc4)c4ccc(Cl)cc4)cc3C2=O)cc1. The fourth-order valence-corrected chi connectivity index (χ4v) is 4.26. The van der Waals surface area contributed by atoms with Crippen molar-refractivity contribution in [1.29, 1.82) is 0 Å². The largest absolute Gasteiger partial charge is 0.445 e. The normalized spacial score (nSPS) is 13.3. The van der Waals surface area contributed by atoms with Crippen LogP contribution in [-0.2, 0) is 4.74 Å². The zero-order chi connectivity index (χ0) is 26.1. The number of carbonyl (C=O) groups is 4.